The van der Waals surface area contributed by atoms with Crippen molar-refractivity contribution in [3.05, 3.63) is 29.3 Å². The van der Waals surface area contributed by atoms with E-state index in [2.05, 4.69) is 10.2 Å². The number of nitrogens with zero attached hydrogens (tertiary/aromatic N) is 1. The molecule has 2 aliphatic carbocycles. The van der Waals surface area contributed by atoms with Gasteiger partial charge in [0.25, 0.3) is 0 Å². The maximum Gasteiger partial charge on any atom is 0.240 e. The number of hydrogen-bond acceptors (Lipinski definition) is 4. The van der Waals surface area contributed by atoms with Crippen LogP contribution in [0.4, 0.5) is 0 Å². The number of carbonyl (C=O) groups is 1. The van der Waals surface area contributed by atoms with Crippen molar-refractivity contribution in [1.82, 2.24) is 10.2 Å². The van der Waals surface area contributed by atoms with E-state index >= 15 is 0 Å². The molecule has 27 heavy (non-hydrogen) atoms. The van der Waals surface area contributed by atoms with E-state index in [4.69, 9.17) is 22.1 Å². The summed E-state index contributed by atoms with van der Waals surface area (Å²) in [7, 11) is 0. The van der Waals surface area contributed by atoms with E-state index in [1.807, 2.05) is 24.3 Å². The van der Waals surface area contributed by atoms with Crippen molar-refractivity contribution < 1.29 is 9.53 Å². The molecule has 2 saturated carbocycles. The van der Waals surface area contributed by atoms with Gasteiger partial charge in [-0.1, -0.05) is 18.0 Å². The zero-order chi connectivity index (χ0) is 18.9. The Balaban J connectivity index is 1.14. The normalized spacial score (nSPS) is 24.1. The van der Waals surface area contributed by atoms with Crippen LogP contribution in [0.25, 0.3) is 0 Å². The Morgan fingerprint density at radius 1 is 1.22 bits per heavy atom. The highest BCUT2D eigenvalue weighted by Gasteiger charge is 2.58. The molecule has 0 bridgehead atoms. The zero-order valence-electron chi connectivity index (χ0n) is 15.9. The molecule has 1 spiro atoms. The lowest BCUT2D eigenvalue weighted by molar-refractivity contribution is -0.141. The lowest BCUT2D eigenvalue weighted by Crippen LogP contribution is -2.68. The van der Waals surface area contributed by atoms with Gasteiger partial charge < -0.3 is 15.8 Å². The standard InChI is InChI=1S/C21H30ClN3O2/c22-16-2-4-18(5-3-16)27-13-12-25-10-6-17(7-11-25)24-19(26)21(23)14-20(15-21)8-1-9-20/h2-5,17H,1,6-15,23H2,(H,24,26). The van der Waals surface area contributed by atoms with Crippen LogP contribution in [0, 0.1) is 5.41 Å². The maximum atomic E-state index is 12.6. The summed E-state index contributed by atoms with van der Waals surface area (Å²) >= 11 is 5.88. The first kappa shape index (κ1) is 19.0. The van der Waals surface area contributed by atoms with Crippen molar-refractivity contribution >= 4 is 17.5 Å². The third-order valence-corrected chi connectivity index (χ3v) is 6.91. The van der Waals surface area contributed by atoms with Crippen LogP contribution >= 0.6 is 11.6 Å². The second-order valence-electron chi connectivity index (χ2n) is 8.76. The highest BCUT2D eigenvalue weighted by molar-refractivity contribution is 6.30. The molecular formula is C21H30ClN3O2. The van der Waals surface area contributed by atoms with E-state index < -0.39 is 5.54 Å². The molecule has 1 heterocycles. The maximum absolute atomic E-state index is 12.6. The summed E-state index contributed by atoms with van der Waals surface area (Å²) in [5, 5.41) is 3.94. The van der Waals surface area contributed by atoms with Crippen LogP contribution in [0.2, 0.25) is 5.02 Å². The number of nitrogens with two attached hydrogens (primary N) is 1. The molecule has 0 aromatic heterocycles. The third-order valence-electron chi connectivity index (χ3n) is 6.66. The van der Waals surface area contributed by atoms with Gasteiger partial charge in [-0.2, -0.15) is 0 Å². The average molecular weight is 392 g/mol. The largest absolute Gasteiger partial charge is 0.492 e. The molecule has 1 aromatic carbocycles. The summed E-state index contributed by atoms with van der Waals surface area (Å²) in [6.07, 6.45) is 7.55. The molecule has 0 atom stereocenters. The molecule has 6 heteroatoms. The fourth-order valence-corrected chi connectivity index (χ4v) is 5.06. The number of likely N-dealkylation sites (tertiary alicyclic amines) is 1. The number of halogens is 1. The Morgan fingerprint density at radius 2 is 1.89 bits per heavy atom. The third kappa shape index (κ3) is 4.25. The van der Waals surface area contributed by atoms with Crippen molar-refractivity contribution in [2.45, 2.75) is 56.5 Å². The molecule has 1 saturated heterocycles. The van der Waals surface area contributed by atoms with Crippen LogP contribution in [0.15, 0.2) is 24.3 Å². The fourth-order valence-electron chi connectivity index (χ4n) is 4.93. The number of piperidine rings is 1. The fraction of sp³-hybridized carbons (Fsp3) is 0.667. The van der Waals surface area contributed by atoms with Crippen LogP contribution in [-0.4, -0.2) is 48.6 Å². The summed E-state index contributed by atoms with van der Waals surface area (Å²) < 4.78 is 5.77. The SMILES string of the molecule is NC1(C(=O)NC2CCN(CCOc3ccc(Cl)cc3)CC2)CC2(CCC2)C1. The predicted octanol–water partition coefficient (Wildman–Crippen LogP) is 2.96. The average Bonchev–Trinajstić information content (AvgIpc) is 2.60. The van der Waals surface area contributed by atoms with E-state index in [0.717, 1.165) is 56.1 Å². The Morgan fingerprint density at radius 3 is 2.48 bits per heavy atom. The summed E-state index contributed by atoms with van der Waals surface area (Å²) in [4.78, 5) is 15.0. The minimum absolute atomic E-state index is 0.0737. The van der Waals surface area contributed by atoms with E-state index in [9.17, 15) is 4.79 Å². The number of hydrogen-bond donors (Lipinski definition) is 2. The quantitative estimate of drug-likeness (QED) is 0.782. The monoisotopic (exact) mass is 391 g/mol. The highest BCUT2D eigenvalue weighted by Crippen LogP contribution is 2.59. The summed E-state index contributed by atoms with van der Waals surface area (Å²) in [5.41, 5.74) is 6.17. The Kier molecular flexibility index (Phi) is 5.36. The lowest BCUT2D eigenvalue weighted by Gasteiger charge is -2.58. The smallest absolute Gasteiger partial charge is 0.240 e. The van der Waals surface area contributed by atoms with Crippen LogP contribution in [0.5, 0.6) is 5.75 Å². The van der Waals surface area contributed by atoms with Crippen LogP contribution in [0.1, 0.15) is 44.9 Å². The first-order valence-corrected chi connectivity index (χ1v) is 10.5. The van der Waals surface area contributed by atoms with E-state index in [-0.39, 0.29) is 11.9 Å². The number of ether oxygens (including phenoxy) is 1. The molecular weight excluding hydrogens is 362 g/mol. The molecule has 148 valence electrons. The number of rotatable bonds is 6. The molecule has 1 aliphatic heterocycles. The van der Waals surface area contributed by atoms with Crippen LogP contribution < -0.4 is 15.8 Å². The molecule has 3 fully saturated rings. The van der Waals surface area contributed by atoms with Crippen molar-refractivity contribution in [2.75, 3.05) is 26.2 Å². The molecule has 4 rings (SSSR count). The first-order chi connectivity index (χ1) is 13.0. The van der Waals surface area contributed by atoms with Crippen LogP contribution in [0.3, 0.4) is 0 Å². The van der Waals surface area contributed by atoms with Gasteiger partial charge in [-0.3, -0.25) is 9.69 Å². The van der Waals surface area contributed by atoms with Gasteiger partial charge in [0.15, 0.2) is 0 Å². The van der Waals surface area contributed by atoms with Gasteiger partial charge in [0.2, 0.25) is 5.91 Å². The van der Waals surface area contributed by atoms with E-state index in [1.165, 1.54) is 19.3 Å². The molecule has 3 N–H and O–H groups in total. The molecule has 5 nitrogen and oxygen atoms in total. The van der Waals surface area contributed by atoms with Crippen LogP contribution in [-0.2, 0) is 4.79 Å². The molecule has 0 radical (unpaired) electrons. The van der Waals surface area contributed by atoms with Crippen molar-refractivity contribution in [1.29, 1.82) is 0 Å². The molecule has 1 aromatic rings. The Bertz CT molecular complexity index is 659. The second-order valence-corrected chi connectivity index (χ2v) is 9.19. The minimum Gasteiger partial charge on any atom is -0.492 e. The highest BCUT2D eigenvalue weighted by atomic mass is 35.5. The first-order valence-electron chi connectivity index (χ1n) is 10.2. The zero-order valence-corrected chi connectivity index (χ0v) is 16.6. The van der Waals surface area contributed by atoms with Gasteiger partial charge in [-0.05, 0) is 68.2 Å². The van der Waals surface area contributed by atoms with Gasteiger partial charge in [0.1, 0.15) is 12.4 Å². The van der Waals surface area contributed by atoms with E-state index in [1.54, 1.807) is 0 Å². The topological polar surface area (TPSA) is 67.6 Å². The lowest BCUT2D eigenvalue weighted by atomic mass is 9.48. The van der Waals surface area contributed by atoms with Gasteiger partial charge in [0.05, 0.1) is 5.54 Å². The summed E-state index contributed by atoms with van der Waals surface area (Å²) in [5.74, 6) is 0.920. The molecule has 1 amide bonds. The number of carbonyl (C=O) groups excluding carboxylic acids is 1. The Labute approximate surface area is 166 Å². The number of benzene rings is 1. The van der Waals surface area contributed by atoms with Crippen molar-refractivity contribution in [3.8, 4) is 5.75 Å². The van der Waals surface area contributed by atoms with E-state index in [0.29, 0.717) is 12.0 Å². The second kappa shape index (κ2) is 7.61. The van der Waals surface area contributed by atoms with Crippen molar-refractivity contribution in [3.63, 3.8) is 0 Å². The number of nitrogens with one attached hydrogen (secondary N) is 1. The molecule has 0 unspecified atom stereocenters. The van der Waals surface area contributed by atoms with Gasteiger partial charge >= 0.3 is 0 Å². The summed E-state index contributed by atoms with van der Waals surface area (Å²) in [6.45, 7) is 3.52. The minimum atomic E-state index is -0.607. The van der Waals surface area contributed by atoms with Gasteiger partial charge in [0, 0.05) is 30.7 Å². The number of amides is 1. The van der Waals surface area contributed by atoms with Gasteiger partial charge in [-0.25, -0.2) is 0 Å². The van der Waals surface area contributed by atoms with Crippen molar-refractivity contribution in [2.24, 2.45) is 11.1 Å². The summed E-state index contributed by atoms with van der Waals surface area (Å²) in [6, 6.07) is 7.71. The predicted molar refractivity (Wildman–Crippen MR) is 107 cm³/mol. The Hall–Kier alpha value is -1.30. The molecule has 3 aliphatic rings. The van der Waals surface area contributed by atoms with Gasteiger partial charge in [-0.15, -0.1) is 0 Å².